The van der Waals surface area contributed by atoms with Crippen molar-refractivity contribution in [3.8, 4) is 11.5 Å². The van der Waals surface area contributed by atoms with Crippen LogP contribution < -0.4 is 14.8 Å². The minimum Gasteiger partial charge on any atom is -0.454 e. The number of carbonyl (C=O) groups is 2. The molecule has 0 aliphatic carbocycles. The second kappa shape index (κ2) is 12.9. The molecule has 0 unspecified atom stereocenters. The number of hydrogen-bond donors (Lipinski definition) is 1. The second-order valence-electron chi connectivity index (χ2n) is 9.55. The Kier molecular flexibility index (Phi) is 9.19. The molecule has 3 aromatic rings. The van der Waals surface area contributed by atoms with Crippen molar-refractivity contribution < 1.29 is 19.1 Å². The van der Waals surface area contributed by atoms with Crippen molar-refractivity contribution in [2.75, 3.05) is 13.3 Å². The number of rotatable bonds is 12. The van der Waals surface area contributed by atoms with Gasteiger partial charge in [0, 0.05) is 25.9 Å². The topological polar surface area (TPSA) is 67.9 Å². The van der Waals surface area contributed by atoms with Gasteiger partial charge in [-0.25, -0.2) is 0 Å². The van der Waals surface area contributed by atoms with Crippen LogP contribution in [0.2, 0.25) is 0 Å². The van der Waals surface area contributed by atoms with Crippen molar-refractivity contribution in [3.63, 3.8) is 0 Å². The molecular weight excluding hydrogens is 464 g/mol. The molecule has 0 bridgehead atoms. The molecule has 194 valence electrons. The summed E-state index contributed by atoms with van der Waals surface area (Å²) in [7, 11) is 0. The molecule has 6 nitrogen and oxygen atoms in total. The lowest BCUT2D eigenvalue weighted by Gasteiger charge is -2.32. The molecule has 37 heavy (non-hydrogen) atoms. The van der Waals surface area contributed by atoms with Gasteiger partial charge in [-0.3, -0.25) is 9.59 Å². The van der Waals surface area contributed by atoms with Crippen molar-refractivity contribution in [1.82, 2.24) is 10.2 Å². The Morgan fingerprint density at radius 3 is 2.49 bits per heavy atom. The van der Waals surface area contributed by atoms with E-state index in [1.54, 1.807) is 4.90 Å². The van der Waals surface area contributed by atoms with Gasteiger partial charge in [0.25, 0.3) is 0 Å². The molecule has 6 heteroatoms. The summed E-state index contributed by atoms with van der Waals surface area (Å²) < 4.78 is 10.9. The number of amides is 2. The second-order valence-corrected chi connectivity index (χ2v) is 9.55. The maximum absolute atomic E-state index is 13.8. The van der Waals surface area contributed by atoms with Crippen LogP contribution in [0.4, 0.5) is 0 Å². The Balaban J connectivity index is 1.58. The monoisotopic (exact) mass is 500 g/mol. The number of benzene rings is 3. The summed E-state index contributed by atoms with van der Waals surface area (Å²) >= 11 is 0. The lowest BCUT2D eigenvalue weighted by atomic mass is 10.0. The van der Waals surface area contributed by atoms with Gasteiger partial charge in [0.2, 0.25) is 18.6 Å². The standard InChI is InChI=1S/C31H36N2O4/c1-3-4-17-32-31(35)27(19-24-10-6-5-7-11-24)33(21-26-12-8-9-23(2)18-26)30(34)16-14-25-13-15-28-29(20-25)37-22-36-28/h5-13,15,18,20,27H,3-4,14,16-17,19,21-22H2,1-2H3,(H,32,35)/t27-/m0/s1. The van der Waals surface area contributed by atoms with Crippen molar-refractivity contribution >= 4 is 11.8 Å². The molecule has 1 N–H and O–H groups in total. The molecule has 0 fully saturated rings. The minimum atomic E-state index is -0.607. The van der Waals surface area contributed by atoms with Crippen LogP contribution in [0.5, 0.6) is 11.5 Å². The molecule has 1 heterocycles. The maximum Gasteiger partial charge on any atom is 0.243 e. The number of fused-ring (bicyclic) bond motifs is 1. The highest BCUT2D eigenvalue weighted by molar-refractivity contribution is 5.88. The normalized spacial score (nSPS) is 12.7. The summed E-state index contributed by atoms with van der Waals surface area (Å²) in [5, 5.41) is 3.08. The minimum absolute atomic E-state index is 0.0502. The highest BCUT2D eigenvalue weighted by Crippen LogP contribution is 2.33. The summed E-state index contributed by atoms with van der Waals surface area (Å²) in [5.74, 6) is 1.27. The third-order valence-electron chi connectivity index (χ3n) is 6.60. The predicted octanol–water partition coefficient (Wildman–Crippen LogP) is 5.21. The van der Waals surface area contributed by atoms with E-state index in [1.165, 1.54) is 0 Å². The van der Waals surface area contributed by atoms with Crippen LogP contribution in [0.3, 0.4) is 0 Å². The van der Waals surface area contributed by atoms with Crippen LogP contribution in [0.15, 0.2) is 72.8 Å². The smallest absolute Gasteiger partial charge is 0.243 e. The third kappa shape index (κ3) is 7.35. The van der Waals surface area contributed by atoms with Gasteiger partial charge >= 0.3 is 0 Å². The fourth-order valence-corrected chi connectivity index (χ4v) is 4.56. The SMILES string of the molecule is CCCCNC(=O)[C@H](Cc1ccccc1)N(Cc1cccc(C)c1)C(=O)CCc1ccc2c(c1)OCO2. The zero-order valence-electron chi connectivity index (χ0n) is 21.7. The van der Waals surface area contributed by atoms with Crippen molar-refractivity contribution in [1.29, 1.82) is 0 Å². The number of carbonyl (C=O) groups excluding carboxylic acids is 2. The van der Waals surface area contributed by atoms with E-state index in [0.29, 0.717) is 38.1 Å². The average molecular weight is 501 g/mol. The summed E-state index contributed by atoms with van der Waals surface area (Å²) in [6.07, 6.45) is 3.19. The van der Waals surface area contributed by atoms with E-state index < -0.39 is 6.04 Å². The average Bonchev–Trinajstić information content (AvgIpc) is 3.38. The van der Waals surface area contributed by atoms with Crippen molar-refractivity contribution in [2.45, 2.75) is 58.5 Å². The summed E-state index contributed by atoms with van der Waals surface area (Å²) in [4.78, 5) is 29.0. The first-order chi connectivity index (χ1) is 18.0. The van der Waals surface area contributed by atoms with Crippen molar-refractivity contribution in [2.24, 2.45) is 0 Å². The highest BCUT2D eigenvalue weighted by Gasteiger charge is 2.30. The molecule has 0 saturated carbocycles. The van der Waals surface area contributed by atoms with E-state index in [2.05, 4.69) is 18.3 Å². The van der Waals surface area contributed by atoms with E-state index in [1.807, 2.05) is 73.7 Å². The van der Waals surface area contributed by atoms with Crippen LogP contribution in [-0.2, 0) is 29.0 Å². The Morgan fingerprint density at radius 2 is 1.70 bits per heavy atom. The molecule has 1 aliphatic rings. The van der Waals surface area contributed by atoms with Gasteiger partial charge in [-0.1, -0.05) is 79.6 Å². The molecule has 0 saturated heterocycles. The Morgan fingerprint density at radius 1 is 0.919 bits per heavy atom. The van der Waals surface area contributed by atoms with Crippen LogP contribution >= 0.6 is 0 Å². The van der Waals surface area contributed by atoms with Gasteiger partial charge in [-0.05, 0) is 48.6 Å². The first-order valence-corrected chi connectivity index (χ1v) is 13.1. The van der Waals surface area contributed by atoms with Crippen LogP contribution in [0.25, 0.3) is 0 Å². The van der Waals surface area contributed by atoms with Crippen LogP contribution in [0, 0.1) is 6.92 Å². The van der Waals surface area contributed by atoms with E-state index >= 15 is 0 Å². The summed E-state index contributed by atoms with van der Waals surface area (Å²) in [5.41, 5.74) is 4.16. The Bertz CT molecular complexity index is 1190. The number of aryl methyl sites for hydroxylation is 2. The van der Waals surface area contributed by atoms with E-state index in [-0.39, 0.29) is 18.6 Å². The fourth-order valence-electron chi connectivity index (χ4n) is 4.56. The zero-order valence-corrected chi connectivity index (χ0v) is 21.7. The first-order valence-electron chi connectivity index (χ1n) is 13.1. The number of unbranched alkanes of at least 4 members (excludes halogenated alkanes) is 1. The van der Waals surface area contributed by atoms with E-state index in [4.69, 9.17) is 9.47 Å². The molecule has 2 amide bonds. The van der Waals surface area contributed by atoms with E-state index in [0.717, 1.165) is 40.8 Å². The van der Waals surface area contributed by atoms with Gasteiger partial charge in [0.05, 0.1) is 0 Å². The number of nitrogens with one attached hydrogen (secondary N) is 1. The molecule has 1 atom stereocenters. The Hall–Kier alpha value is -3.80. The van der Waals surface area contributed by atoms with Crippen molar-refractivity contribution in [3.05, 3.63) is 95.1 Å². The highest BCUT2D eigenvalue weighted by atomic mass is 16.7. The molecule has 0 spiro atoms. The largest absolute Gasteiger partial charge is 0.454 e. The number of hydrogen-bond acceptors (Lipinski definition) is 4. The number of nitrogens with zero attached hydrogens (tertiary/aromatic N) is 1. The molecule has 4 rings (SSSR count). The van der Waals surface area contributed by atoms with Crippen LogP contribution in [-0.4, -0.2) is 36.1 Å². The van der Waals surface area contributed by atoms with E-state index in [9.17, 15) is 9.59 Å². The van der Waals surface area contributed by atoms with Gasteiger partial charge in [-0.2, -0.15) is 0 Å². The first kappa shape index (κ1) is 26.3. The van der Waals surface area contributed by atoms with Gasteiger partial charge < -0.3 is 19.7 Å². The molecule has 0 aromatic heterocycles. The summed E-state index contributed by atoms with van der Waals surface area (Å²) in [6, 6.07) is 23.2. The third-order valence-corrected chi connectivity index (χ3v) is 6.60. The lowest BCUT2D eigenvalue weighted by molar-refractivity contribution is -0.141. The summed E-state index contributed by atoms with van der Waals surface area (Å²) in [6.45, 7) is 5.33. The molecule has 0 radical (unpaired) electrons. The molecule has 1 aliphatic heterocycles. The fraction of sp³-hybridized carbons (Fsp3) is 0.355. The van der Waals surface area contributed by atoms with Gasteiger partial charge in [0.1, 0.15) is 6.04 Å². The predicted molar refractivity (Wildman–Crippen MR) is 144 cm³/mol. The lowest BCUT2D eigenvalue weighted by Crippen LogP contribution is -2.50. The van der Waals surface area contributed by atoms with Gasteiger partial charge in [0.15, 0.2) is 11.5 Å². The maximum atomic E-state index is 13.8. The Labute approximate surface area is 219 Å². The van der Waals surface area contributed by atoms with Crippen LogP contribution in [0.1, 0.15) is 48.4 Å². The molecule has 3 aromatic carbocycles. The number of ether oxygens (including phenoxy) is 2. The molecular formula is C31H36N2O4. The quantitative estimate of drug-likeness (QED) is 0.347. The van der Waals surface area contributed by atoms with Gasteiger partial charge in [-0.15, -0.1) is 0 Å². The zero-order chi connectivity index (χ0) is 26.0.